The minimum absolute atomic E-state index is 0.0347. The molecule has 0 saturated carbocycles. The molecule has 0 bridgehead atoms. The van der Waals surface area contributed by atoms with E-state index in [0.29, 0.717) is 45.7 Å². The van der Waals surface area contributed by atoms with E-state index in [-0.39, 0.29) is 16.8 Å². The lowest BCUT2D eigenvalue weighted by Crippen LogP contribution is -2.43. The van der Waals surface area contributed by atoms with Gasteiger partial charge in [0, 0.05) is 26.4 Å². The number of hydrogen-bond donors (Lipinski definition) is 1. The van der Waals surface area contributed by atoms with Gasteiger partial charge in [-0.25, -0.2) is 0 Å². The van der Waals surface area contributed by atoms with Gasteiger partial charge in [-0.3, -0.25) is 9.59 Å². The molecule has 0 aromatic heterocycles. The van der Waals surface area contributed by atoms with Gasteiger partial charge >= 0.3 is 11.9 Å². The van der Waals surface area contributed by atoms with Gasteiger partial charge in [0.25, 0.3) is 0 Å². The van der Waals surface area contributed by atoms with Crippen molar-refractivity contribution in [1.29, 1.82) is 0 Å². The number of aliphatic carboxylic acids is 1. The first-order valence-corrected chi connectivity index (χ1v) is 13.2. The van der Waals surface area contributed by atoms with Crippen molar-refractivity contribution in [2.45, 2.75) is 118 Å². The zero-order valence-electron chi connectivity index (χ0n) is 22.9. The van der Waals surface area contributed by atoms with Crippen LogP contribution in [0.3, 0.4) is 0 Å². The zero-order valence-corrected chi connectivity index (χ0v) is 22.9. The van der Waals surface area contributed by atoms with Crippen LogP contribution in [0.2, 0.25) is 0 Å². The minimum atomic E-state index is -0.696. The first-order chi connectivity index (χ1) is 15.6. The predicted octanol–water partition coefficient (Wildman–Crippen LogP) is 6.40. The van der Waals surface area contributed by atoms with Crippen LogP contribution in [0.5, 0.6) is 0 Å². The molecule has 2 saturated heterocycles. The van der Waals surface area contributed by atoms with E-state index in [1.807, 2.05) is 13.8 Å². The third-order valence-corrected chi connectivity index (χ3v) is 8.19. The molecule has 6 heteroatoms. The Labute approximate surface area is 207 Å². The third kappa shape index (κ3) is 8.51. The van der Waals surface area contributed by atoms with E-state index in [9.17, 15) is 14.7 Å². The molecule has 0 spiro atoms. The molecule has 2 heterocycles. The predicted molar refractivity (Wildman–Crippen MR) is 134 cm³/mol. The lowest BCUT2D eigenvalue weighted by molar-refractivity contribution is -0.177. The standard InChI is InChI=1S/C28H50O6/c1-24(2,3)8-12-28(16-20-33-21-17-28)23(31)34-26(6,7)11-9-25(4,5)10-13-27(22(29)30)14-18-32-19-15-27/h8-21H2,1-7H3,(H,29,30). The first-order valence-electron chi connectivity index (χ1n) is 13.2. The molecule has 2 aliphatic heterocycles. The van der Waals surface area contributed by atoms with Gasteiger partial charge in [0.2, 0.25) is 0 Å². The Morgan fingerprint density at radius 2 is 1.21 bits per heavy atom. The maximum absolute atomic E-state index is 13.5. The smallest absolute Gasteiger partial charge is 0.312 e. The van der Waals surface area contributed by atoms with Gasteiger partial charge in [0.15, 0.2) is 0 Å². The SMILES string of the molecule is CC(C)(C)CCC1(C(=O)OC(C)(C)CCC(C)(C)CCC2(C(=O)O)CCOCC2)CCOCC1. The monoisotopic (exact) mass is 482 g/mol. The summed E-state index contributed by atoms with van der Waals surface area (Å²) in [6, 6.07) is 0. The lowest BCUT2D eigenvalue weighted by Gasteiger charge is -2.40. The van der Waals surface area contributed by atoms with E-state index in [0.717, 1.165) is 44.9 Å². The summed E-state index contributed by atoms with van der Waals surface area (Å²) in [7, 11) is 0. The highest BCUT2D eigenvalue weighted by Crippen LogP contribution is 2.43. The van der Waals surface area contributed by atoms with Crippen LogP contribution < -0.4 is 0 Å². The van der Waals surface area contributed by atoms with Crippen molar-refractivity contribution in [3.05, 3.63) is 0 Å². The van der Waals surface area contributed by atoms with Gasteiger partial charge in [0.1, 0.15) is 5.60 Å². The Morgan fingerprint density at radius 1 is 0.735 bits per heavy atom. The van der Waals surface area contributed by atoms with Crippen LogP contribution in [-0.4, -0.2) is 49.1 Å². The molecule has 0 unspecified atom stereocenters. The topological polar surface area (TPSA) is 82.1 Å². The number of rotatable bonds is 11. The van der Waals surface area contributed by atoms with Crippen molar-refractivity contribution >= 4 is 11.9 Å². The molecule has 0 atom stereocenters. The molecule has 0 aromatic rings. The first kappa shape index (κ1) is 29.1. The summed E-state index contributed by atoms with van der Waals surface area (Å²) in [5, 5.41) is 9.86. The second-order valence-corrected chi connectivity index (χ2v) is 13.5. The zero-order chi connectivity index (χ0) is 25.7. The van der Waals surface area contributed by atoms with Gasteiger partial charge < -0.3 is 19.3 Å². The molecule has 0 aromatic carbocycles. The van der Waals surface area contributed by atoms with Crippen molar-refractivity contribution in [3.8, 4) is 0 Å². The van der Waals surface area contributed by atoms with Crippen molar-refractivity contribution in [2.24, 2.45) is 21.7 Å². The van der Waals surface area contributed by atoms with Gasteiger partial charge in [-0.15, -0.1) is 0 Å². The normalized spacial score (nSPS) is 21.1. The number of carboxylic acids is 1. The average molecular weight is 483 g/mol. The molecule has 2 aliphatic rings. The Kier molecular flexibility index (Phi) is 9.65. The maximum atomic E-state index is 13.5. The van der Waals surface area contributed by atoms with Gasteiger partial charge in [-0.2, -0.15) is 0 Å². The molecule has 1 N–H and O–H groups in total. The summed E-state index contributed by atoms with van der Waals surface area (Å²) in [6.45, 7) is 17.3. The Bertz CT molecular complexity index is 676. The summed E-state index contributed by atoms with van der Waals surface area (Å²) < 4.78 is 17.2. The van der Waals surface area contributed by atoms with Crippen molar-refractivity contribution in [1.82, 2.24) is 0 Å². The molecular formula is C28H50O6. The summed E-state index contributed by atoms with van der Waals surface area (Å²) in [4.78, 5) is 25.5. The molecule has 0 radical (unpaired) electrons. The number of ether oxygens (including phenoxy) is 3. The molecule has 2 rings (SSSR count). The second-order valence-electron chi connectivity index (χ2n) is 13.5. The van der Waals surface area contributed by atoms with Crippen LogP contribution in [0, 0.1) is 21.7 Å². The van der Waals surface area contributed by atoms with Crippen molar-refractivity contribution < 1.29 is 28.9 Å². The second kappa shape index (κ2) is 11.3. The van der Waals surface area contributed by atoms with Gasteiger partial charge in [-0.05, 0) is 88.9 Å². The van der Waals surface area contributed by atoms with E-state index < -0.39 is 22.4 Å². The number of carboxylic acid groups (broad SMARTS) is 1. The summed E-state index contributed by atoms with van der Waals surface area (Å²) in [5.74, 6) is -0.771. The molecule has 2 fully saturated rings. The quantitative estimate of drug-likeness (QED) is 0.343. The molecule has 0 aliphatic carbocycles. The van der Waals surface area contributed by atoms with E-state index in [1.165, 1.54) is 0 Å². The van der Waals surface area contributed by atoms with Crippen LogP contribution >= 0.6 is 0 Å². The van der Waals surface area contributed by atoms with E-state index in [4.69, 9.17) is 14.2 Å². The summed E-state index contributed by atoms with van der Waals surface area (Å²) in [6.07, 6.45) is 7.55. The Balaban J connectivity index is 1.95. The summed E-state index contributed by atoms with van der Waals surface area (Å²) >= 11 is 0. The molecule has 0 amide bonds. The Hall–Kier alpha value is -1.14. The molecular weight excluding hydrogens is 432 g/mol. The minimum Gasteiger partial charge on any atom is -0.481 e. The number of carbonyl (C=O) groups excluding carboxylic acids is 1. The van der Waals surface area contributed by atoms with E-state index in [1.54, 1.807) is 0 Å². The van der Waals surface area contributed by atoms with Crippen LogP contribution in [0.15, 0.2) is 0 Å². The fourth-order valence-corrected chi connectivity index (χ4v) is 5.02. The number of hydrogen-bond acceptors (Lipinski definition) is 5. The molecule has 198 valence electrons. The maximum Gasteiger partial charge on any atom is 0.312 e. The largest absolute Gasteiger partial charge is 0.481 e. The lowest BCUT2D eigenvalue weighted by atomic mass is 9.70. The summed E-state index contributed by atoms with van der Waals surface area (Å²) in [5.41, 5.74) is -1.55. The van der Waals surface area contributed by atoms with Crippen molar-refractivity contribution in [2.75, 3.05) is 26.4 Å². The molecule has 6 nitrogen and oxygen atoms in total. The fourth-order valence-electron chi connectivity index (χ4n) is 5.02. The third-order valence-electron chi connectivity index (χ3n) is 8.19. The number of carbonyl (C=O) groups is 2. The van der Waals surface area contributed by atoms with E-state index in [2.05, 4.69) is 34.6 Å². The van der Waals surface area contributed by atoms with Crippen LogP contribution in [0.1, 0.15) is 113 Å². The highest BCUT2D eigenvalue weighted by Gasteiger charge is 2.45. The highest BCUT2D eigenvalue weighted by atomic mass is 16.6. The average Bonchev–Trinajstić information content (AvgIpc) is 2.76. The Morgan fingerprint density at radius 3 is 1.68 bits per heavy atom. The van der Waals surface area contributed by atoms with Crippen molar-refractivity contribution in [3.63, 3.8) is 0 Å². The van der Waals surface area contributed by atoms with Gasteiger partial charge in [-0.1, -0.05) is 34.6 Å². The van der Waals surface area contributed by atoms with Crippen LogP contribution in [0.25, 0.3) is 0 Å². The van der Waals surface area contributed by atoms with Gasteiger partial charge in [0.05, 0.1) is 10.8 Å². The van der Waals surface area contributed by atoms with E-state index >= 15 is 0 Å². The van der Waals surface area contributed by atoms with Crippen LogP contribution in [0.4, 0.5) is 0 Å². The van der Waals surface area contributed by atoms with Crippen LogP contribution in [-0.2, 0) is 23.8 Å². The molecule has 34 heavy (non-hydrogen) atoms. The highest BCUT2D eigenvalue weighted by molar-refractivity contribution is 5.77. The number of esters is 1. The fraction of sp³-hybridized carbons (Fsp3) is 0.929.